The second-order valence-electron chi connectivity index (χ2n) is 5.64. The number of nitro groups is 1. The lowest BCUT2D eigenvalue weighted by Gasteiger charge is -2.11. The number of non-ortho nitro benzene ring substituents is 1. The van der Waals surface area contributed by atoms with E-state index in [1.807, 2.05) is 0 Å². The molecule has 0 aliphatic carbocycles. The lowest BCUT2D eigenvalue weighted by molar-refractivity contribution is -0.384. The normalized spacial score (nSPS) is 10.3. The first kappa shape index (κ1) is 18.3. The number of halogens is 1. The quantitative estimate of drug-likeness (QED) is 0.393. The number of nitrogens with one attached hydrogen (secondary N) is 1. The molecule has 6 nitrogen and oxygen atoms in total. The molecule has 0 saturated carbocycles. The van der Waals surface area contributed by atoms with Gasteiger partial charge in [-0.15, -0.1) is 0 Å². The second kappa shape index (κ2) is 7.80. The van der Waals surface area contributed by atoms with E-state index in [0.29, 0.717) is 16.1 Å². The molecule has 1 N–H and O–H groups in total. The van der Waals surface area contributed by atoms with Gasteiger partial charge in [0, 0.05) is 28.3 Å². The summed E-state index contributed by atoms with van der Waals surface area (Å²) in [5, 5.41) is 14.2. The molecule has 7 heteroatoms. The summed E-state index contributed by atoms with van der Waals surface area (Å²) in [6.07, 6.45) is 0. The van der Waals surface area contributed by atoms with Crippen LogP contribution in [0.1, 0.15) is 26.3 Å². The van der Waals surface area contributed by atoms with Crippen LogP contribution in [0.2, 0.25) is 5.02 Å². The molecule has 1 amide bonds. The summed E-state index contributed by atoms with van der Waals surface area (Å²) in [6.45, 7) is 0. The van der Waals surface area contributed by atoms with Crippen LogP contribution in [-0.2, 0) is 0 Å². The van der Waals surface area contributed by atoms with Crippen molar-refractivity contribution < 1.29 is 14.5 Å². The summed E-state index contributed by atoms with van der Waals surface area (Å²) in [5.41, 5.74) is 0.696. The number of nitro benzene ring substituents is 1. The standard InChI is InChI=1S/C20H13ClN2O4/c21-15-8-6-14(7-9-15)20(25)22-18-11-10-16(23(26)27)12-17(18)19(24)13-4-2-1-3-5-13/h1-12H,(H,22,25). The molecule has 0 spiro atoms. The number of benzene rings is 3. The van der Waals surface area contributed by atoms with Crippen LogP contribution in [0.15, 0.2) is 72.8 Å². The summed E-state index contributed by atoms with van der Waals surface area (Å²) in [6, 6.07) is 18.3. The van der Waals surface area contributed by atoms with E-state index in [-0.39, 0.29) is 16.9 Å². The summed E-state index contributed by atoms with van der Waals surface area (Å²) in [5.74, 6) is -0.881. The zero-order chi connectivity index (χ0) is 19.4. The first-order valence-electron chi connectivity index (χ1n) is 7.91. The highest BCUT2D eigenvalue weighted by Crippen LogP contribution is 2.25. The van der Waals surface area contributed by atoms with Gasteiger partial charge in [0.2, 0.25) is 0 Å². The van der Waals surface area contributed by atoms with E-state index in [1.54, 1.807) is 54.6 Å². The Hall–Kier alpha value is -3.51. The fraction of sp³-hybridized carbons (Fsp3) is 0. The van der Waals surface area contributed by atoms with Crippen LogP contribution < -0.4 is 5.32 Å². The van der Waals surface area contributed by atoms with Gasteiger partial charge in [-0.1, -0.05) is 41.9 Å². The van der Waals surface area contributed by atoms with E-state index in [2.05, 4.69) is 5.32 Å². The fourth-order valence-electron chi connectivity index (χ4n) is 2.48. The van der Waals surface area contributed by atoms with Crippen molar-refractivity contribution in [2.45, 2.75) is 0 Å². The third kappa shape index (κ3) is 4.19. The predicted molar refractivity (Wildman–Crippen MR) is 102 cm³/mol. The van der Waals surface area contributed by atoms with Crippen LogP contribution in [0, 0.1) is 10.1 Å². The maximum absolute atomic E-state index is 12.8. The average Bonchev–Trinajstić information content (AvgIpc) is 2.68. The van der Waals surface area contributed by atoms with Gasteiger partial charge in [0.05, 0.1) is 16.2 Å². The first-order chi connectivity index (χ1) is 13.0. The van der Waals surface area contributed by atoms with Gasteiger partial charge < -0.3 is 5.32 Å². The average molecular weight is 381 g/mol. The molecular formula is C20H13ClN2O4. The number of ketones is 1. The molecule has 0 aliphatic heterocycles. The van der Waals surface area contributed by atoms with Crippen molar-refractivity contribution in [3.63, 3.8) is 0 Å². The Labute approximate surface area is 159 Å². The highest BCUT2D eigenvalue weighted by molar-refractivity contribution is 6.30. The molecule has 27 heavy (non-hydrogen) atoms. The zero-order valence-corrected chi connectivity index (χ0v) is 14.6. The molecule has 0 fully saturated rings. The Morgan fingerprint density at radius 1 is 0.889 bits per heavy atom. The van der Waals surface area contributed by atoms with Gasteiger partial charge in [-0.05, 0) is 30.3 Å². The van der Waals surface area contributed by atoms with Crippen LogP contribution in [0.5, 0.6) is 0 Å². The van der Waals surface area contributed by atoms with E-state index >= 15 is 0 Å². The van der Waals surface area contributed by atoms with Crippen LogP contribution in [0.3, 0.4) is 0 Å². The number of carbonyl (C=O) groups excluding carboxylic acids is 2. The molecule has 0 saturated heterocycles. The summed E-state index contributed by atoms with van der Waals surface area (Å²) in [7, 11) is 0. The number of carbonyl (C=O) groups is 2. The Bertz CT molecular complexity index is 1020. The SMILES string of the molecule is O=C(Nc1ccc([N+](=O)[O-])cc1C(=O)c1ccccc1)c1ccc(Cl)cc1. The van der Waals surface area contributed by atoms with Gasteiger partial charge >= 0.3 is 0 Å². The van der Waals surface area contributed by atoms with Crippen molar-refractivity contribution in [2.75, 3.05) is 5.32 Å². The fourth-order valence-corrected chi connectivity index (χ4v) is 2.61. The highest BCUT2D eigenvalue weighted by Gasteiger charge is 2.20. The van der Waals surface area contributed by atoms with Crippen LogP contribution in [-0.4, -0.2) is 16.6 Å². The van der Waals surface area contributed by atoms with Gasteiger partial charge in [-0.25, -0.2) is 0 Å². The Balaban J connectivity index is 1.99. The molecule has 0 atom stereocenters. The Morgan fingerprint density at radius 2 is 1.56 bits per heavy atom. The second-order valence-corrected chi connectivity index (χ2v) is 6.08. The Morgan fingerprint density at radius 3 is 2.19 bits per heavy atom. The predicted octanol–water partition coefficient (Wildman–Crippen LogP) is 4.73. The largest absolute Gasteiger partial charge is 0.321 e. The van der Waals surface area contributed by atoms with Crippen LogP contribution in [0.25, 0.3) is 0 Å². The summed E-state index contributed by atoms with van der Waals surface area (Å²) < 4.78 is 0. The summed E-state index contributed by atoms with van der Waals surface area (Å²) in [4.78, 5) is 35.8. The van der Waals surface area contributed by atoms with Gasteiger partial charge in [0.25, 0.3) is 11.6 Å². The lowest BCUT2D eigenvalue weighted by Crippen LogP contribution is -2.15. The monoisotopic (exact) mass is 380 g/mol. The van der Waals surface area contributed by atoms with Gasteiger partial charge in [0.15, 0.2) is 5.78 Å². The minimum Gasteiger partial charge on any atom is -0.321 e. The van der Waals surface area contributed by atoms with Crippen molar-refractivity contribution in [3.8, 4) is 0 Å². The Kier molecular flexibility index (Phi) is 5.28. The van der Waals surface area contributed by atoms with Crippen LogP contribution >= 0.6 is 11.6 Å². The van der Waals surface area contributed by atoms with Crippen LogP contribution in [0.4, 0.5) is 11.4 Å². The van der Waals surface area contributed by atoms with E-state index in [0.717, 1.165) is 6.07 Å². The number of hydrogen-bond acceptors (Lipinski definition) is 4. The van der Waals surface area contributed by atoms with Crippen molar-refractivity contribution in [1.82, 2.24) is 0 Å². The molecule has 0 heterocycles. The van der Waals surface area contributed by atoms with E-state index in [4.69, 9.17) is 11.6 Å². The molecule has 134 valence electrons. The van der Waals surface area contributed by atoms with E-state index in [1.165, 1.54) is 12.1 Å². The minimum atomic E-state index is -0.591. The number of rotatable bonds is 5. The molecule has 0 radical (unpaired) electrons. The molecule has 0 aromatic heterocycles. The number of amides is 1. The zero-order valence-electron chi connectivity index (χ0n) is 13.9. The third-order valence-electron chi connectivity index (χ3n) is 3.85. The molecule has 3 rings (SSSR count). The van der Waals surface area contributed by atoms with E-state index < -0.39 is 16.6 Å². The van der Waals surface area contributed by atoms with Gasteiger partial charge in [0.1, 0.15) is 0 Å². The highest BCUT2D eigenvalue weighted by atomic mass is 35.5. The van der Waals surface area contributed by atoms with Crippen molar-refractivity contribution in [1.29, 1.82) is 0 Å². The first-order valence-corrected chi connectivity index (χ1v) is 8.28. The smallest absolute Gasteiger partial charge is 0.270 e. The molecule has 0 aliphatic rings. The maximum Gasteiger partial charge on any atom is 0.270 e. The third-order valence-corrected chi connectivity index (χ3v) is 4.10. The minimum absolute atomic E-state index is 0.0395. The summed E-state index contributed by atoms with van der Waals surface area (Å²) >= 11 is 5.82. The number of hydrogen-bond donors (Lipinski definition) is 1. The van der Waals surface area contributed by atoms with E-state index in [9.17, 15) is 19.7 Å². The molecule has 0 bridgehead atoms. The molecular weight excluding hydrogens is 368 g/mol. The van der Waals surface area contributed by atoms with Crippen molar-refractivity contribution in [3.05, 3.63) is 105 Å². The number of nitrogens with zero attached hydrogens (tertiary/aromatic N) is 1. The molecule has 3 aromatic rings. The van der Waals surface area contributed by atoms with Gasteiger partial charge in [-0.3, -0.25) is 19.7 Å². The lowest BCUT2D eigenvalue weighted by atomic mass is 10.0. The number of anilines is 1. The molecule has 3 aromatic carbocycles. The van der Waals surface area contributed by atoms with Crippen molar-refractivity contribution in [2.24, 2.45) is 0 Å². The maximum atomic E-state index is 12.8. The topological polar surface area (TPSA) is 89.3 Å². The molecule has 0 unspecified atom stereocenters. The van der Waals surface area contributed by atoms with Gasteiger partial charge in [-0.2, -0.15) is 0 Å². The van der Waals surface area contributed by atoms with Crippen molar-refractivity contribution >= 4 is 34.7 Å².